The number of ether oxygens (including phenoxy) is 3. The van der Waals surface area contributed by atoms with E-state index in [1.807, 2.05) is 79.7 Å². The Bertz CT molecular complexity index is 1650. The predicted octanol–water partition coefficient (Wildman–Crippen LogP) is 4.28. The highest BCUT2D eigenvalue weighted by Gasteiger charge is 2.32. The fourth-order valence-corrected chi connectivity index (χ4v) is 6.67. The van der Waals surface area contributed by atoms with Crippen LogP contribution in [-0.4, -0.2) is 80.6 Å². The highest BCUT2D eigenvalue weighted by atomic mass is 16.5. The number of carbonyl (C=O) groups is 4. The number of hydrogen-bond acceptors (Lipinski definition) is 7. The Morgan fingerprint density at radius 1 is 0.942 bits per heavy atom. The van der Waals surface area contributed by atoms with Gasteiger partial charge in [-0.15, -0.1) is 0 Å². The molecule has 1 unspecified atom stereocenters. The maximum atomic E-state index is 14.0. The van der Waals surface area contributed by atoms with Gasteiger partial charge in [-0.3, -0.25) is 19.2 Å². The molecule has 2 heterocycles. The van der Waals surface area contributed by atoms with Crippen molar-refractivity contribution in [3.05, 3.63) is 95.1 Å². The van der Waals surface area contributed by atoms with Crippen molar-refractivity contribution in [3.63, 3.8) is 0 Å². The number of rotatable bonds is 11. The Labute approximate surface area is 306 Å². The fraction of sp³-hybridized carbons (Fsp3) is 0.463. The number of nitrogens with zero attached hydrogens (tertiary/aromatic N) is 1. The Balaban J connectivity index is 1.29. The molecule has 2 aliphatic heterocycles. The third kappa shape index (κ3) is 11.8. The van der Waals surface area contributed by atoms with Crippen LogP contribution >= 0.6 is 0 Å². The Hall–Kier alpha value is -4.90. The van der Waals surface area contributed by atoms with Crippen LogP contribution in [0.4, 0.5) is 0 Å². The van der Waals surface area contributed by atoms with Crippen molar-refractivity contribution in [2.45, 2.75) is 76.9 Å². The molecule has 2 aliphatic rings. The van der Waals surface area contributed by atoms with E-state index in [1.165, 1.54) is 0 Å². The smallest absolute Gasteiger partial charge is 0.243 e. The van der Waals surface area contributed by atoms with Gasteiger partial charge in [-0.25, -0.2) is 0 Å². The van der Waals surface area contributed by atoms with Gasteiger partial charge in [0.1, 0.15) is 23.6 Å². The van der Waals surface area contributed by atoms with Crippen molar-refractivity contribution >= 4 is 23.6 Å². The van der Waals surface area contributed by atoms with Gasteiger partial charge < -0.3 is 35.1 Å². The average Bonchev–Trinajstić information content (AvgIpc) is 3.16. The normalized spacial score (nSPS) is 20.1. The van der Waals surface area contributed by atoms with Gasteiger partial charge in [0.15, 0.2) is 0 Å². The van der Waals surface area contributed by atoms with Crippen molar-refractivity contribution in [2.75, 3.05) is 40.0 Å². The van der Waals surface area contributed by atoms with Crippen LogP contribution in [0.1, 0.15) is 60.8 Å². The zero-order valence-electron chi connectivity index (χ0n) is 30.4. The second kappa shape index (κ2) is 19.6. The minimum absolute atomic E-state index is 0.0121. The number of benzene rings is 3. The molecule has 11 heteroatoms. The summed E-state index contributed by atoms with van der Waals surface area (Å²) in [5, 5.41) is 8.69. The number of aryl methyl sites for hydroxylation is 2. The fourth-order valence-electron chi connectivity index (χ4n) is 6.67. The molecular formula is C41H52N4O7. The summed E-state index contributed by atoms with van der Waals surface area (Å²) < 4.78 is 17.1. The Kier molecular flexibility index (Phi) is 14.5. The molecule has 3 aromatic carbocycles. The van der Waals surface area contributed by atoms with Crippen LogP contribution in [-0.2, 0) is 43.3 Å². The quantitative estimate of drug-likeness (QED) is 0.253. The van der Waals surface area contributed by atoms with Gasteiger partial charge in [0, 0.05) is 26.1 Å². The first-order chi connectivity index (χ1) is 25.3. The molecule has 1 saturated heterocycles. The molecular weight excluding hydrogens is 660 g/mol. The lowest BCUT2D eigenvalue weighted by atomic mass is 9.94. The van der Waals surface area contributed by atoms with E-state index in [0.717, 1.165) is 53.0 Å². The molecule has 0 spiro atoms. The van der Waals surface area contributed by atoms with Gasteiger partial charge in [0.05, 0.1) is 33.4 Å². The number of carbonyl (C=O) groups excluding carboxylic acids is 4. The number of hydrogen-bond donors (Lipinski definition) is 3. The van der Waals surface area contributed by atoms with Crippen LogP contribution in [0.15, 0.2) is 72.8 Å². The highest BCUT2D eigenvalue weighted by molar-refractivity contribution is 5.95. The predicted molar refractivity (Wildman–Crippen MR) is 198 cm³/mol. The number of amides is 4. The van der Waals surface area contributed by atoms with Crippen molar-refractivity contribution in [3.8, 4) is 11.5 Å². The second-order valence-corrected chi connectivity index (χ2v) is 13.7. The van der Waals surface area contributed by atoms with E-state index in [9.17, 15) is 19.2 Å². The summed E-state index contributed by atoms with van der Waals surface area (Å²) in [4.78, 5) is 56.4. The van der Waals surface area contributed by atoms with E-state index in [4.69, 9.17) is 14.2 Å². The van der Waals surface area contributed by atoms with E-state index in [-0.39, 0.29) is 43.7 Å². The summed E-state index contributed by atoms with van der Waals surface area (Å²) >= 11 is 0. The van der Waals surface area contributed by atoms with Crippen LogP contribution in [0.2, 0.25) is 0 Å². The van der Waals surface area contributed by atoms with Crippen molar-refractivity contribution in [2.24, 2.45) is 5.92 Å². The molecule has 3 aromatic rings. The van der Waals surface area contributed by atoms with Crippen molar-refractivity contribution < 1.29 is 33.4 Å². The largest absolute Gasteiger partial charge is 0.497 e. The molecule has 0 aromatic heterocycles. The van der Waals surface area contributed by atoms with Gasteiger partial charge in [-0.05, 0) is 97.9 Å². The molecule has 5 rings (SSSR count). The molecule has 0 saturated carbocycles. The first-order valence-electron chi connectivity index (χ1n) is 18.4. The monoisotopic (exact) mass is 712 g/mol. The molecule has 52 heavy (non-hydrogen) atoms. The summed E-state index contributed by atoms with van der Waals surface area (Å²) in [7, 11) is 1.62. The molecule has 4 bridgehead atoms. The molecule has 11 nitrogen and oxygen atoms in total. The minimum atomic E-state index is -1.16. The van der Waals surface area contributed by atoms with Gasteiger partial charge in [0.2, 0.25) is 23.6 Å². The Morgan fingerprint density at radius 2 is 1.77 bits per heavy atom. The second-order valence-electron chi connectivity index (χ2n) is 13.7. The van der Waals surface area contributed by atoms with Crippen LogP contribution in [0.5, 0.6) is 11.5 Å². The highest BCUT2D eigenvalue weighted by Crippen LogP contribution is 2.23. The van der Waals surface area contributed by atoms with E-state index < -0.39 is 23.9 Å². The Morgan fingerprint density at radius 3 is 2.60 bits per heavy atom. The van der Waals surface area contributed by atoms with E-state index in [2.05, 4.69) is 16.0 Å². The molecule has 0 radical (unpaired) electrons. The molecule has 278 valence electrons. The lowest BCUT2D eigenvalue weighted by molar-refractivity contribution is -0.138. The SMILES string of the molecule is COc1cccc(CCOCCC(=O)N[C@H]2CC(=O)N3CCCC(CCOc4ccc(C)c(c4)CNC(=O)[C@H](CCc4ccccc4)NC2=O)C3)c1. The van der Waals surface area contributed by atoms with E-state index >= 15 is 0 Å². The topological polar surface area (TPSA) is 135 Å². The number of fused-ring (bicyclic) bond motifs is 4. The third-order valence-electron chi connectivity index (χ3n) is 9.81. The first kappa shape index (κ1) is 38.3. The van der Waals surface area contributed by atoms with E-state index in [0.29, 0.717) is 45.6 Å². The zero-order valence-corrected chi connectivity index (χ0v) is 30.4. The van der Waals surface area contributed by atoms with Crippen LogP contribution in [0, 0.1) is 12.8 Å². The van der Waals surface area contributed by atoms with Crippen molar-refractivity contribution in [1.29, 1.82) is 0 Å². The number of methoxy groups -OCH3 is 1. The molecule has 3 atom stereocenters. The number of nitrogens with one attached hydrogen (secondary N) is 3. The van der Waals surface area contributed by atoms with Crippen LogP contribution in [0.3, 0.4) is 0 Å². The van der Waals surface area contributed by atoms with Gasteiger partial charge in [-0.2, -0.15) is 0 Å². The number of piperidine rings is 1. The molecule has 0 aliphatic carbocycles. The molecule has 1 fully saturated rings. The first-order valence-corrected chi connectivity index (χ1v) is 18.4. The average molecular weight is 713 g/mol. The van der Waals surface area contributed by atoms with E-state index in [1.54, 1.807) is 12.0 Å². The van der Waals surface area contributed by atoms with Crippen molar-refractivity contribution in [1.82, 2.24) is 20.9 Å². The maximum Gasteiger partial charge on any atom is 0.243 e. The van der Waals surface area contributed by atoms with Crippen LogP contribution < -0.4 is 25.4 Å². The standard InChI is InChI=1S/C41H52N4O7/c1-29-13-15-35-25-33(29)27-42-40(48)36(16-14-30-8-4-3-5-9-30)44-41(49)37(26-39(47)45-20-7-11-32(28-45)18-23-52-35)43-38(46)19-22-51-21-17-31-10-6-12-34(24-31)50-2/h3-6,8-10,12-13,15,24-25,32,36-37H,7,11,14,16-23,26-28H2,1-2H3,(H,42,48)(H,43,46)(H,44,49)/t32?,36-,37-/m0/s1. The van der Waals surface area contributed by atoms with Gasteiger partial charge >= 0.3 is 0 Å². The molecule has 3 N–H and O–H groups in total. The zero-order chi connectivity index (χ0) is 36.7. The summed E-state index contributed by atoms with van der Waals surface area (Å²) in [6.45, 7) is 4.45. The summed E-state index contributed by atoms with van der Waals surface area (Å²) in [5.74, 6) is 0.212. The lowest BCUT2D eigenvalue weighted by Crippen LogP contribution is -2.55. The maximum absolute atomic E-state index is 14.0. The summed E-state index contributed by atoms with van der Waals surface area (Å²) in [5.41, 5.74) is 4.01. The minimum Gasteiger partial charge on any atom is -0.497 e. The molecule has 4 amide bonds. The third-order valence-corrected chi connectivity index (χ3v) is 9.81. The summed E-state index contributed by atoms with van der Waals surface area (Å²) in [6, 6.07) is 21.2. The lowest BCUT2D eigenvalue weighted by Gasteiger charge is -2.34. The van der Waals surface area contributed by atoms with Gasteiger partial charge in [0.25, 0.3) is 0 Å². The van der Waals surface area contributed by atoms with Crippen LogP contribution in [0.25, 0.3) is 0 Å². The summed E-state index contributed by atoms with van der Waals surface area (Å²) in [6.07, 6.45) is 3.94. The van der Waals surface area contributed by atoms with Gasteiger partial charge in [-0.1, -0.05) is 48.5 Å².